The number of fused-ring (bicyclic) bond motifs is 1. The van der Waals surface area contributed by atoms with E-state index in [4.69, 9.17) is 9.47 Å². The van der Waals surface area contributed by atoms with Crippen LogP contribution in [-0.2, 0) is 13.1 Å². The molecule has 1 aliphatic heterocycles. The summed E-state index contributed by atoms with van der Waals surface area (Å²) in [6.07, 6.45) is 3.42. The maximum absolute atomic E-state index is 13.2. The smallest absolute Gasteiger partial charge is 0.255 e. The second-order valence-corrected chi connectivity index (χ2v) is 9.11. The zero-order valence-electron chi connectivity index (χ0n) is 21.0. The molecule has 1 saturated heterocycles. The monoisotopic (exact) mass is 485 g/mol. The Balaban J connectivity index is 1.25. The van der Waals surface area contributed by atoms with Crippen molar-refractivity contribution < 1.29 is 14.3 Å². The molecule has 0 N–H and O–H groups in total. The van der Waals surface area contributed by atoms with Gasteiger partial charge in [0.15, 0.2) is 5.65 Å². The highest BCUT2D eigenvalue weighted by Crippen LogP contribution is 2.26. The molecule has 0 atom stereocenters. The number of pyridine rings is 1. The van der Waals surface area contributed by atoms with Gasteiger partial charge >= 0.3 is 0 Å². The summed E-state index contributed by atoms with van der Waals surface area (Å²) in [6, 6.07) is 16.1. The molecule has 3 heterocycles. The number of hydrogen-bond donors (Lipinski definition) is 0. The van der Waals surface area contributed by atoms with E-state index in [0.717, 1.165) is 47.7 Å². The maximum atomic E-state index is 13.2. The molecule has 5 rings (SSSR count). The molecule has 0 spiro atoms. The van der Waals surface area contributed by atoms with E-state index >= 15 is 0 Å². The van der Waals surface area contributed by atoms with Crippen molar-refractivity contribution >= 4 is 16.9 Å². The zero-order chi connectivity index (χ0) is 25.1. The number of aryl methyl sites for hydroxylation is 1. The molecular formula is C28H31N5O3. The molecule has 1 fully saturated rings. The van der Waals surface area contributed by atoms with Gasteiger partial charge in [0.05, 0.1) is 32.5 Å². The lowest BCUT2D eigenvalue weighted by molar-refractivity contribution is 0.0628. The summed E-state index contributed by atoms with van der Waals surface area (Å²) < 4.78 is 12.6. The van der Waals surface area contributed by atoms with Crippen molar-refractivity contribution in [2.45, 2.75) is 20.0 Å². The summed E-state index contributed by atoms with van der Waals surface area (Å²) in [5, 5.41) is 5.35. The summed E-state index contributed by atoms with van der Waals surface area (Å²) in [5.74, 6) is 1.48. The Morgan fingerprint density at radius 1 is 0.917 bits per heavy atom. The molecule has 1 aliphatic rings. The van der Waals surface area contributed by atoms with Gasteiger partial charge in [0.1, 0.15) is 11.5 Å². The lowest BCUT2D eigenvalue weighted by Gasteiger charge is -2.35. The minimum Gasteiger partial charge on any atom is -0.497 e. The Kier molecular flexibility index (Phi) is 6.86. The van der Waals surface area contributed by atoms with Gasteiger partial charge in [0.2, 0.25) is 0 Å². The first kappa shape index (κ1) is 23.8. The summed E-state index contributed by atoms with van der Waals surface area (Å²) in [4.78, 5) is 22.1. The quantitative estimate of drug-likeness (QED) is 0.397. The van der Waals surface area contributed by atoms with Crippen LogP contribution < -0.4 is 9.47 Å². The fraction of sp³-hybridized carbons (Fsp3) is 0.321. The third kappa shape index (κ3) is 4.90. The Morgan fingerprint density at radius 2 is 1.72 bits per heavy atom. The van der Waals surface area contributed by atoms with Crippen LogP contribution in [0.2, 0.25) is 0 Å². The predicted octanol–water partition coefficient (Wildman–Crippen LogP) is 3.76. The number of carbonyl (C=O) groups is 1. The number of rotatable bonds is 7. The van der Waals surface area contributed by atoms with Gasteiger partial charge in [-0.15, -0.1) is 0 Å². The molecular weight excluding hydrogens is 454 g/mol. The number of methoxy groups -OCH3 is 2. The lowest BCUT2D eigenvalue weighted by Crippen LogP contribution is -2.48. The van der Waals surface area contributed by atoms with Crippen LogP contribution in [0.1, 0.15) is 27.0 Å². The molecule has 0 aliphatic carbocycles. The minimum atomic E-state index is 0.0181. The average molecular weight is 486 g/mol. The fourth-order valence-corrected chi connectivity index (χ4v) is 4.67. The summed E-state index contributed by atoms with van der Waals surface area (Å²) >= 11 is 0. The topological polar surface area (TPSA) is 72.7 Å². The van der Waals surface area contributed by atoms with Gasteiger partial charge in [0.25, 0.3) is 5.91 Å². The molecule has 0 radical (unpaired) electrons. The van der Waals surface area contributed by atoms with Crippen LogP contribution >= 0.6 is 0 Å². The van der Waals surface area contributed by atoms with Crippen molar-refractivity contribution in [3.05, 3.63) is 83.2 Å². The molecule has 8 nitrogen and oxygen atoms in total. The van der Waals surface area contributed by atoms with E-state index in [1.165, 1.54) is 11.1 Å². The molecule has 4 aromatic rings. The van der Waals surface area contributed by atoms with Crippen molar-refractivity contribution in [3.8, 4) is 11.5 Å². The SMILES string of the molecule is COc1ccc(Cn2ncc3cc(C(=O)N4CCN(Cc5ccccc5C)CC4)cnc32)c(OC)c1. The first-order valence-electron chi connectivity index (χ1n) is 12.1. The van der Waals surface area contributed by atoms with Gasteiger partial charge < -0.3 is 14.4 Å². The number of amides is 1. The van der Waals surface area contributed by atoms with Gasteiger partial charge in [-0.25, -0.2) is 9.67 Å². The van der Waals surface area contributed by atoms with E-state index in [9.17, 15) is 4.79 Å². The van der Waals surface area contributed by atoms with E-state index in [0.29, 0.717) is 25.2 Å². The normalized spacial score (nSPS) is 14.2. The number of ether oxygens (including phenoxy) is 2. The molecule has 2 aromatic heterocycles. The number of hydrogen-bond acceptors (Lipinski definition) is 6. The van der Waals surface area contributed by atoms with Crippen LogP contribution in [-0.4, -0.2) is 70.9 Å². The predicted molar refractivity (Wildman–Crippen MR) is 139 cm³/mol. The second-order valence-electron chi connectivity index (χ2n) is 9.11. The van der Waals surface area contributed by atoms with Crippen molar-refractivity contribution in [2.24, 2.45) is 0 Å². The van der Waals surface area contributed by atoms with Crippen molar-refractivity contribution in [2.75, 3.05) is 40.4 Å². The molecule has 1 amide bonds. The molecule has 2 aromatic carbocycles. The second kappa shape index (κ2) is 10.4. The first-order valence-corrected chi connectivity index (χ1v) is 12.1. The highest BCUT2D eigenvalue weighted by Gasteiger charge is 2.23. The maximum Gasteiger partial charge on any atom is 0.255 e. The molecule has 36 heavy (non-hydrogen) atoms. The average Bonchev–Trinajstić information content (AvgIpc) is 3.32. The van der Waals surface area contributed by atoms with Crippen LogP contribution in [0, 0.1) is 6.92 Å². The fourth-order valence-electron chi connectivity index (χ4n) is 4.67. The number of benzene rings is 2. The molecule has 0 saturated carbocycles. The number of carbonyl (C=O) groups excluding carboxylic acids is 1. The van der Waals surface area contributed by atoms with Gasteiger partial charge in [-0.1, -0.05) is 24.3 Å². The Labute approximate surface area is 211 Å². The Hall–Kier alpha value is -3.91. The van der Waals surface area contributed by atoms with E-state index in [-0.39, 0.29) is 5.91 Å². The zero-order valence-corrected chi connectivity index (χ0v) is 21.0. The van der Waals surface area contributed by atoms with Gasteiger partial charge in [-0.2, -0.15) is 5.10 Å². The van der Waals surface area contributed by atoms with Crippen molar-refractivity contribution in [1.82, 2.24) is 24.6 Å². The molecule has 186 valence electrons. The van der Waals surface area contributed by atoms with Crippen LogP contribution in [0.15, 0.2) is 60.9 Å². The summed E-state index contributed by atoms with van der Waals surface area (Å²) in [5.41, 5.74) is 4.94. The van der Waals surface area contributed by atoms with Gasteiger partial charge in [-0.3, -0.25) is 9.69 Å². The van der Waals surface area contributed by atoms with Gasteiger partial charge in [-0.05, 0) is 36.2 Å². The highest BCUT2D eigenvalue weighted by molar-refractivity contribution is 5.96. The van der Waals surface area contributed by atoms with Crippen LogP contribution in [0.3, 0.4) is 0 Å². The number of nitrogens with zero attached hydrogens (tertiary/aromatic N) is 5. The van der Waals surface area contributed by atoms with Crippen LogP contribution in [0.5, 0.6) is 11.5 Å². The Morgan fingerprint density at radius 3 is 2.47 bits per heavy atom. The van der Waals surface area contributed by atoms with Crippen molar-refractivity contribution in [1.29, 1.82) is 0 Å². The third-order valence-electron chi connectivity index (χ3n) is 6.85. The largest absolute Gasteiger partial charge is 0.497 e. The van der Waals surface area contributed by atoms with E-state index in [1.807, 2.05) is 33.8 Å². The van der Waals surface area contributed by atoms with Crippen LogP contribution in [0.4, 0.5) is 0 Å². The molecule has 0 unspecified atom stereocenters. The molecule has 8 heteroatoms. The standard InChI is InChI=1S/C28H31N5O3/c1-20-6-4-5-7-21(20)18-31-10-12-32(13-11-31)28(34)24-14-23-17-30-33(27(23)29-16-24)19-22-8-9-25(35-2)15-26(22)36-3/h4-9,14-17H,10-13,18-19H2,1-3H3. The number of aromatic nitrogens is 3. The van der Waals surface area contributed by atoms with E-state index < -0.39 is 0 Å². The van der Waals surface area contributed by atoms with E-state index in [2.05, 4.69) is 46.2 Å². The van der Waals surface area contributed by atoms with Crippen LogP contribution in [0.25, 0.3) is 11.0 Å². The minimum absolute atomic E-state index is 0.0181. The van der Waals surface area contributed by atoms with E-state index in [1.54, 1.807) is 26.6 Å². The highest BCUT2D eigenvalue weighted by atomic mass is 16.5. The number of piperazine rings is 1. The molecule has 0 bridgehead atoms. The lowest BCUT2D eigenvalue weighted by atomic mass is 10.1. The summed E-state index contributed by atoms with van der Waals surface area (Å²) in [6.45, 7) is 6.70. The summed E-state index contributed by atoms with van der Waals surface area (Å²) in [7, 11) is 3.27. The third-order valence-corrected chi connectivity index (χ3v) is 6.85. The van der Waals surface area contributed by atoms with Gasteiger partial charge in [0, 0.05) is 55.9 Å². The first-order chi connectivity index (χ1) is 17.6. The van der Waals surface area contributed by atoms with Crippen molar-refractivity contribution in [3.63, 3.8) is 0 Å². The Bertz CT molecular complexity index is 1370.